The maximum Gasteiger partial charge on any atom is 0.251 e. The molecule has 2 aromatic heterocycles. The van der Waals surface area contributed by atoms with E-state index in [4.69, 9.17) is 0 Å². The molecule has 0 fully saturated rings. The van der Waals surface area contributed by atoms with Crippen LogP contribution in [0, 0.1) is 6.92 Å². The van der Waals surface area contributed by atoms with Crippen LogP contribution in [0.2, 0.25) is 0 Å². The van der Waals surface area contributed by atoms with Crippen molar-refractivity contribution in [3.8, 4) is 0 Å². The third-order valence-electron chi connectivity index (χ3n) is 2.57. The standard InChI is InChI=1S/C14H18N4OS/c1-3-7-15-12-6-4-5-11(17-12)9-20-14-16-10(2)8-13(19)18-14/h4-6,8H,3,7,9H2,1-2H3,(H,15,17)(H,16,18,19). The zero-order valence-electron chi connectivity index (χ0n) is 11.6. The summed E-state index contributed by atoms with van der Waals surface area (Å²) in [5.41, 5.74) is 1.56. The maximum atomic E-state index is 11.4. The molecule has 2 heterocycles. The predicted octanol–water partition coefficient (Wildman–Crippen LogP) is 2.59. The molecular weight excluding hydrogens is 272 g/mol. The summed E-state index contributed by atoms with van der Waals surface area (Å²) >= 11 is 1.48. The number of nitrogens with zero attached hydrogens (tertiary/aromatic N) is 2. The molecule has 0 saturated carbocycles. The lowest BCUT2D eigenvalue weighted by Gasteiger charge is -2.06. The summed E-state index contributed by atoms with van der Waals surface area (Å²) in [5, 5.41) is 3.89. The summed E-state index contributed by atoms with van der Waals surface area (Å²) in [4.78, 5) is 22.9. The minimum atomic E-state index is -0.119. The summed E-state index contributed by atoms with van der Waals surface area (Å²) in [6.07, 6.45) is 1.06. The monoisotopic (exact) mass is 290 g/mol. The van der Waals surface area contributed by atoms with Crippen LogP contribution in [0.1, 0.15) is 24.7 Å². The lowest BCUT2D eigenvalue weighted by Crippen LogP contribution is -2.08. The van der Waals surface area contributed by atoms with Crippen molar-refractivity contribution < 1.29 is 0 Å². The van der Waals surface area contributed by atoms with Crippen molar-refractivity contribution in [2.75, 3.05) is 11.9 Å². The number of hydrogen-bond acceptors (Lipinski definition) is 5. The summed E-state index contributed by atoms with van der Waals surface area (Å²) in [7, 11) is 0. The first-order valence-corrected chi connectivity index (χ1v) is 7.56. The van der Waals surface area contributed by atoms with Crippen LogP contribution in [0.3, 0.4) is 0 Å². The Balaban J connectivity index is 2.01. The Hall–Kier alpha value is -1.82. The smallest absolute Gasteiger partial charge is 0.251 e. The highest BCUT2D eigenvalue weighted by molar-refractivity contribution is 7.98. The van der Waals surface area contributed by atoms with Crippen LogP contribution in [0.15, 0.2) is 34.2 Å². The molecule has 106 valence electrons. The first-order chi connectivity index (χ1) is 9.67. The van der Waals surface area contributed by atoms with E-state index in [9.17, 15) is 4.79 Å². The second-order valence-corrected chi connectivity index (χ2v) is 5.39. The molecule has 5 nitrogen and oxygen atoms in total. The summed E-state index contributed by atoms with van der Waals surface area (Å²) in [5.74, 6) is 1.56. The Morgan fingerprint density at radius 3 is 2.95 bits per heavy atom. The molecule has 0 radical (unpaired) electrons. The minimum absolute atomic E-state index is 0.119. The van der Waals surface area contributed by atoms with Gasteiger partial charge in [-0.25, -0.2) is 9.97 Å². The lowest BCUT2D eigenvalue weighted by atomic mass is 10.3. The van der Waals surface area contributed by atoms with E-state index in [-0.39, 0.29) is 5.56 Å². The van der Waals surface area contributed by atoms with E-state index >= 15 is 0 Å². The first-order valence-electron chi connectivity index (χ1n) is 6.58. The number of aromatic nitrogens is 3. The van der Waals surface area contributed by atoms with Gasteiger partial charge in [-0.2, -0.15) is 0 Å². The second-order valence-electron chi connectivity index (χ2n) is 4.42. The molecule has 2 rings (SSSR count). The lowest BCUT2D eigenvalue weighted by molar-refractivity contribution is 0.904. The van der Waals surface area contributed by atoms with E-state index in [1.165, 1.54) is 17.8 Å². The van der Waals surface area contributed by atoms with Crippen LogP contribution >= 0.6 is 11.8 Å². The second kappa shape index (κ2) is 7.09. The Kier molecular flexibility index (Phi) is 5.17. The average molecular weight is 290 g/mol. The van der Waals surface area contributed by atoms with Crippen LogP contribution in [0.5, 0.6) is 0 Å². The van der Waals surface area contributed by atoms with E-state index in [1.54, 1.807) is 0 Å². The molecule has 0 aliphatic carbocycles. The molecule has 0 amide bonds. The number of anilines is 1. The van der Waals surface area contributed by atoms with E-state index in [2.05, 4.69) is 27.2 Å². The van der Waals surface area contributed by atoms with Crippen molar-refractivity contribution in [2.45, 2.75) is 31.2 Å². The number of H-pyrrole nitrogens is 1. The number of nitrogens with one attached hydrogen (secondary N) is 2. The van der Waals surface area contributed by atoms with Crippen molar-refractivity contribution in [1.82, 2.24) is 15.0 Å². The van der Waals surface area contributed by atoms with Crippen LogP contribution in [0.25, 0.3) is 0 Å². The SMILES string of the molecule is CCCNc1cccc(CSc2nc(C)cc(=O)[nH]2)n1. The maximum absolute atomic E-state index is 11.4. The van der Waals surface area contributed by atoms with Gasteiger partial charge in [0.05, 0.1) is 5.69 Å². The summed E-state index contributed by atoms with van der Waals surface area (Å²) in [6.45, 7) is 4.84. The van der Waals surface area contributed by atoms with Crippen molar-refractivity contribution in [3.63, 3.8) is 0 Å². The van der Waals surface area contributed by atoms with Crippen LogP contribution in [0.4, 0.5) is 5.82 Å². The fourth-order valence-electron chi connectivity index (χ4n) is 1.67. The van der Waals surface area contributed by atoms with Gasteiger partial charge in [0.1, 0.15) is 5.82 Å². The van der Waals surface area contributed by atoms with Gasteiger partial charge in [0, 0.05) is 24.1 Å². The quantitative estimate of drug-likeness (QED) is 0.632. The van der Waals surface area contributed by atoms with E-state index in [0.717, 1.165) is 30.2 Å². The third kappa shape index (κ3) is 4.38. The van der Waals surface area contributed by atoms with Crippen molar-refractivity contribution in [1.29, 1.82) is 0 Å². The third-order valence-corrected chi connectivity index (χ3v) is 3.47. The van der Waals surface area contributed by atoms with Gasteiger partial charge in [0.2, 0.25) is 0 Å². The van der Waals surface area contributed by atoms with Crippen molar-refractivity contribution in [2.24, 2.45) is 0 Å². The number of aromatic amines is 1. The average Bonchev–Trinajstić information content (AvgIpc) is 2.42. The number of aryl methyl sites for hydroxylation is 1. The molecule has 6 heteroatoms. The fraction of sp³-hybridized carbons (Fsp3) is 0.357. The number of hydrogen-bond donors (Lipinski definition) is 2. The van der Waals surface area contributed by atoms with Gasteiger partial charge in [-0.15, -0.1) is 0 Å². The Labute approximate surface area is 122 Å². The minimum Gasteiger partial charge on any atom is -0.370 e. The van der Waals surface area contributed by atoms with Crippen LogP contribution in [-0.4, -0.2) is 21.5 Å². The van der Waals surface area contributed by atoms with Crippen molar-refractivity contribution in [3.05, 3.63) is 46.0 Å². The Morgan fingerprint density at radius 2 is 2.20 bits per heavy atom. The predicted molar refractivity (Wildman–Crippen MR) is 82.2 cm³/mol. The highest BCUT2D eigenvalue weighted by Crippen LogP contribution is 2.18. The fourth-order valence-corrected chi connectivity index (χ4v) is 2.50. The van der Waals surface area contributed by atoms with E-state index in [1.807, 2.05) is 25.1 Å². The van der Waals surface area contributed by atoms with Gasteiger partial charge in [-0.05, 0) is 25.5 Å². The number of thioether (sulfide) groups is 1. The van der Waals surface area contributed by atoms with Crippen molar-refractivity contribution >= 4 is 17.6 Å². The highest BCUT2D eigenvalue weighted by atomic mass is 32.2. The Morgan fingerprint density at radius 1 is 1.35 bits per heavy atom. The zero-order valence-corrected chi connectivity index (χ0v) is 12.5. The van der Waals surface area contributed by atoms with Crippen LogP contribution < -0.4 is 10.9 Å². The van der Waals surface area contributed by atoms with Gasteiger partial charge in [-0.1, -0.05) is 24.8 Å². The number of rotatable bonds is 6. The first kappa shape index (κ1) is 14.6. The largest absolute Gasteiger partial charge is 0.370 e. The van der Waals surface area contributed by atoms with E-state index < -0.39 is 0 Å². The van der Waals surface area contributed by atoms with Gasteiger partial charge in [0.25, 0.3) is 5.56 Å². The molecule has 0 aliphatic heterocycles. The molecule has 20 heavy (non-hydrogen) atoms. The normalized spacial score (nSPS) is 10.5. The Bertz CT molecular complexity index is 627. The molecular formula is C14H18N4OS. The molecule has 0 unspecified atom stereocenters. The molecule has 0 spiro atoms. The molecule has 0 saturated heterocycles. The molecule has 0 atom stereocenters. The summed E-state index contributed by atoms with van der Waals surface area (Å²) < 4.78 is 0. The van der Waals surface area contributed by atoms with Crippen LogP contribution in [-0.2, 0) is 5.75 Å². The molecule has 0 aromatic carbocycles. The van der Waals surface area contributed by atoms with Gasteiger partial charge >= 0.3 is 0 Å². The molecule has 0 bridgehead atoms. The zero-order chi connectivity index (χ0) is 14.4. The molecule has 2 aromatic rings. The topological polar surface area (TPSA) is 70.7 Å². The van der Waals surface area contributed by atoms with Gasteiger partial charge < -0.3 is 10.3 Å². The molecule has 2 N–H and O–H groups in total. The van der Waals surface area contributed by atoms with Gasteiger partial charge in [-0.3, -0.25) is 4.79 Å². The van der Waals surface area contributed by atoms with E-state index in [0.29, 0.717) is 10.9 Å². The molecule has 0 aliphatic rings. The summed E-state index contributed by atoms with van der Waals surface area (Å²) in [6, 6.07) is 7.39. The highest BCUT2D eigenvalue weighted by Gasteiger charge is 2.02. The van der Waals surface area contributed by atoms with Gasteiger partial charge in [0.15, 0.2) is 5.16 Å². The number of pyridine rings is 1.